The summed E-state index contributed by atoms with van der Waals surface area (Å²) in [6, 6.07) is 3.59. The summed E-state index contributed by atoms with van der Waals surface area (Å²) in [5, 5.41) is 10.2. The standard InChI is InChI=1S/C13H11Cl2N3OS/c14-11-5-9(12(15)18-17-11)13(19)16-6-8-4-7-2-1-3-10(7)20-8/h4-5H,1-3,6H2,(H,16,19). The van der Waals surface area contributed by atoms with E-state index in [9.17, 15) is 4.79 Å². The summed E-state index contributed by atoms with van der Waals surface area (Å²) < 4.78 is 0. The third-order valence-electron chi connectivity index (χ3n) is 3.18. The zero-order chi connectivity index (χ0) is 14.1. The molecule has 1 amide bonds. The number of amides is 1. The molecule has 104 valence electrons. The summed E-state index contributed by atoms with van der Waals surface area (Å²) in [6.07, 6.45) is 3.55. The van der Waals surface area contributed by atoms with Gasteiger partial charge in [0.2, 0.25) is 0 Å². The van der Waals surface area contributed by atoms with Crippen LogP contribution in [0.2, 0.25) is 10.3 Å². The summed E-state index contributed by atoms with van der Waals surface area (Å²) in [5.74, 6) is -0.291. The maximum Gasteiger partial charge on any atom is 0.254 e. The summed E-state index contributed by atoms with van der Waals surface area (Å²) in [7, 11) is 0. The molecule has 7 heteroatoms. The lowest BCUT2D eigenvalue weighted by Gasteiger charge is -2.05. The molecular formula is C13H11Cl2N3OS. The Morgan fingerprint density at radius 3 is 2.95 bits per heavy atom. The molecule has 1 N–H and O–H groups in total. The van der Waals surface area contributed by atoms with Crippen molar-refractivity contribution in [1.29, 1.82) is 0 Å². The summed E-state index contributed by atoms with van der Waals surface area (Å²) in [5.41, 5.74) is 1.67. The number of halogens is 2. The van der Waals surface area contributed by atoms with Gasteiger partial charge < -0.3 is 5.32 Å². The lowest BCUT2D eigenvalue weighted by Crippen LogP contribution is -2.23. The number of hydrogen-bond donors (Lipinski definition) is 1. The molecule has 2 heterocycles. The van der Waals surface area contributed by atoms with Crippen LogP contribution in [0.4, 0.5) is 0 Å². The first-order valence-electron chi connectivity index (χ1n) is 6.21. The van der Waals surface area contributed by atoms with Crippen LogP contribution in [0.25, 0.3) is 0 Å². The van der Waals surface area contributed by atoms with Gasteiger partial charge in [-0.2, -0.15) is 0 Å². The van der Waals surface area contributed by atoms with Gasteiger partial charge in [-0.15, -0.1) is 21.5 Å². The van der Waals surface area contributed by atoms with E-state index in [4.69, 9.17) is 23.2 Å². The van der Waals surface area contributed by atoms with Crippen molar-refractivity contribution >= 4 is 40.4 Å². The molecule has 0 bridgehead atoms. The van der Waals surface area contributed by atoms with Crippen LogP contribution < -0.4 is 5.32 Å². The summed E-state index contributed by atoms with van der Waals surface area (Å²) >= 11 is 13.3. The quantitative estimate of drug-likeness (QED) is 0.941. The van der Waals surface area contributed by atoms with E-state index in [1.807, 2.05) is 0 Å². The van der Waals surface area contributed by atoms with E-state index in [1.54, 1.807) is 11.3 Å². The van der Waals surface area contributed by atoms with Crippen molar-refractivity contribution in [2.24, 2.45) is 0 Å². The minimum absolute atomic E-state index is 0.0561. The topological polar surface area (TPSA) is 54.9 Å². The molecule has 0 aliphatic heterocycles. The van der Waals surface area contributed by atoms with Crippen LogP contribution >= 0.6 is 34.5 Å². The minimum atomic E-state index is -0.291. The molecular weight excluding hydrogens is 317 g/mol. The Kier molecular flexibility index (Phi) is 3.92. The molecule has 0 radical (unpaired) electrons. The Bertz CT molecular complexity index is 650. The smallest absolute Gasteiger partial charge is 0.254 e. The van der Waals surface area contributed by atoms with Crippen molar-refractivity contribution in [3.63, 3.8) is 0 Å². The normalized spacial score (nSPS) is 13.3. The maximum atomic E-state index is 12.0. The van der Waals surface area contributed by atoms with Gasteiger partial charge in [-0.3, -0.25) is 4.79 Å². The second kappa shape index (κ2) is 5.68. The zero-order valence-electron chi connectivity index (χ0n) is 10.4. The number of thiophene rings is 1. The predicted molar refractivity (Wildman–Crippen MR) is 79.6 cm³/mol. The number of nitrogens with one attached hydrogen (secondary N) is 1. The van der Waals surface area contributed by atoms with Crippen molar-refractivity contribution in [3.05, 3.63) is 43.3 Å². The number of rotatable bonds is 3. The molecule has 3 rings (SSSR count). The first-order valence-corrected chi connectivity index (χ1v) is 7.78. The van der Waals surface area contributed by atoms with E-state index in [2.05, 4.69) is 21.6 Å². The van der Waals surface area contributed by atoms with Crippen LogP contribution in [0.15, 0.2) is 12.1 Å². The predicted octanol–water partition coefficient (Wildman–Crippen LogP) is 3.26. The zero-order valence-corrected chi connectivity index (χ0v) is 12.8. The Morgan fingerprint density at radius 1 is 1.30 bits per heavy atom. The van der Waals surface area contributed by atoms with Gasteiger partial charge in [0, 0.05) is 9.75 Å². The fourth-order valence-corrected chi connectivity index (χ4v) is 3.78. The second-order valence-corrected chi connectivity index (χ2v) is 6.54. The molecule has 2 aromatic heterocycles. The van der Waals surface area contributed by atoms with E-state index >= 15 is 0 Å². The van der Waals surface area contributed by atoms with Crippen LogP contribution in [0.1, 0.15) is 32.1 Å². The molecule has 20 heavy (non-hydrogen) atoms. The van der Waals surface area contributed by atoms with Crippen molar-refractivity contribution < 1.29 is 4.79 Å². The van der Waals surface area contributed by atoms with Gasteiger partial charge in [-0.25, -0.2) is 0 Å². The molecule has 0 fully saturated rings. The first-order chi connectivity index (χ1) is 9.63. The van der Waals surface area contributed by atoms with Crippen molar-refractivity contribution in [3.8, 4) is 0 Å². The van der Waals surface area contributed by atoms with Gasteiger partial charge in [0.1, 0.15) is 0 Å². The maximum absolute atomic E-state index is 12.0. The molecule has 0 saturated carbocycles. The molecule has 0 unspecified atom stereocenters. The lowest BCUT2D eigenvalue weighted by molar-refractivity contribution is 0.0951. The number of aryl methyl sites for hydroxylation is 2. The van der Waals surface area contributed by atoms with E-state index in [0.717, 1.165) is 17.7 Å². The van der Waals surface area contributed by atoms with Crippen LogP contribution in [0, 0.1) is 0 Å². The molecule has 4 nitrogen and oxygen atoms in total. The highest BCUT2D eigenvalue weighted by Crippen LogP contribution is 2.30. The van der Waals surface area contributed by atoms with Crippen LogP contribution in [0.5, 0.6) is 0 Å². The average molecular weight is 328 g/mol. The number of carbonyl (C=O) groups excluding carboxylic acids is 1. The van der Waals surface area contributed by atoms with E-state index in [-0.39, 0.29) is 21.8 Å². The van der Waals surface area contributed by atoms with Crippen molar-refractivity contribution in [1.82, 2.24) is 15.5 Å². The molecule has 0 atom stereocenters. The Morgan fingerprint density at radius 2 is 2.15 bits per heavy atom. The highest BCUT2D eigenvalue weighted by molar-refractivity contribution is 7.12. The summed E-state index contributed by atoms with van der Waals surface area (Å²) in [6.45, 7) is 0.493. The number of aromatic nitrogens is 2. The highest BCUT2D eigenvalue weighted by Gasteiger charge is 2.16. The molecule has 2 aromatic rings. The van der Waals surface area contributed by atoms with Gasteiger partial charge in [-0.1, -0.05) is 23.2 Å². The number of carbonyl (C=O) groups is 1. The number of fused-ring (bicyclic) bond motifs is 1. The van der Waals surface area contributed by atoms with Crippen LogP contribution in [-0.4, -0.2) is 16.1 Å². The molecule has 1 aliphatic rings. The van der Waals surface area contributed by atoms with Gasteiger partial charge in [0.25, 0.3) is 5.91 Å². The third-order valence-corrected chi connectivity index (χ3v) is 4.89. The van der Waals surface area contributed by atoms with E-state index in [1.165, 1.54) is 22.9 Å². The Hall–Kier alpha value is -1.17. The monoisotopic (exact) mass is 327 g/mol. The third kappa shape index (κ3) is 2.80. The highest BCUT2D eigenvalue weighted by atomic mass is 35.5. The van der Waals surface area contributed by atoms with Gasteiger partial charge in [-0.05, 0) is 37.0 Å². The fourth-order valence-electron chi connectivity index (χ4n) is 2.25. The molecule has 1 aliphatic carbocycles. The molecule has 0 aromatic carbocycles. The van der Waals surface area contributed by atoms with E-state index in [0.29, 0.717) is 6.54 Å². The Labute approximate surface area is 130 Å². The van der Waals surface area contributed by atoms with Gasteiger partial charge in [0.15, 0.2) is 10.3 Å². The summed E-state index contributed by atoms with van der Waals surface area (Å²) in [4.78, 5) is 14.7. The van der Waals surface area contributed by atoms with Crippen LogP contribution in [-0.2, 0) is 19.4 Å². The SMILES string of the molecule is O=C(NCc1cc2c(s1)CCC2)c1cc(Cl)nnc1Cl. The van der Waals surface area contributed by atoms with E-state index < -0.39 is 0 Å². The van der Waals surface area contributed by atoms with Gasteiger partial charge in [0.05, 0.1) is 12.1 Å². The lowest BCUT2D eigenvalue weighted by atomic mass is 10.2. The molecule has 0 saturated heterocycles. The number of nitrogens with zero attached hydrogens (tertiary/aromatic N) is 2. The Balaban J connectivity index is 1.68. The van der Waals surface area contributed by atoms with Crippen LogP contribution in [0.3, 0.4) is 0 Å². The fraction of sp³-hybridized carbons (Fsp3) is 0.308. The first kappa shape index (κ1) is 13.8. The average Bonchev–Trinajstić information content (AvgIpc) is 2.99. The largest absolute Gasteiger partial charge is 0.347 e. The van der Waals surface area contributed by atoms with Crippen molar-refractivity contribution in [2.75, 3.05) is 0 Å². The minimum Gasteiger partial charge on any atom is -0.347 e. The van der Waals surface area contributed by atoms with Crippen molar-refractivity contribution in [2.45, 2.75) is 25.8 Å². The second-order valence-electron chi connectivity index (χ2n) is 4.57. The van der Waals surface area contributed by atoms with Gasteiger partial charge >= 0.3 is 0 Å². The number of hydrogen-bond acceptors (Lipinski definition) is 4. The molecule has 0 spiro atoms.